The molecule has 1 aromatic carbocycles. The number of halogens is 1. The van der Waals surface area contributed by atoms with Crippen LogP contribution in [0.5, 0.6) is 0 Å². The van der Waals surface area contributed by atoms with E-state index in [1.807, 2.05) is 49.1 Å². The van der Waals surface area contributed by atoms with Crippen LogP contribution in [0.15, 0.2) is 30.3 Å². The average Bonchev–Trinajstić information content (AvgIpc) is 2.67. The Morgan fingerprint density at radius 1 is 1.07 bits per heavy atom. The third kappa shape index (κ3) is 4.72. The molecule has 1 aromatic heterocycles. The molecule has 0 atom stereocenters. The largest absolute Gasteiger partial charge is 0.341 e. The molecule has 2 heterocycles. The highest BCUT2D eigenvalue weighted by Crippen LogP contribution is 2.32. The highest BCUT2D eigenvalue weighted by atomic mass is 35.5. The maximum Gasteiger partial charge on any atom is 0.230 e. The molecule has 0 radical (unpaired) electrons. The second kappa shape index (κ2) is 8.70. The molecule has 1 saturated heterocycles. The number of anilines is 2. The van der Waals surface area contributed by atoms with Crippen LogP contribution in [0.4, 0.5) is 11.6 Å². The highest BCUT2D eigenvalue weighted by molar-refractivity contribution is 6.30. The lowest BCUT2D eigenvalue weighted by Crippen LogP contribution is -2.45. The van der Waals surface area contributed by atoms with Crippen molar-refractivity contribution < 1.29 is 4.79 Å². The van der Waals surface area contributed by atoms with Gasteiger partial charge in [-0.05, 0) is 75.8 Å². The van der Waals surface area contributed by atoms with Crippen LogP contribution in [-0.4, -0.2) is 35.5 Å². The molecule has 154 valence electrons. The third-order valence-corrected chi connectivity index (χ3v) is 6.42. The standard InChI is InChI=1S/C23H29ClN4O/c1-16-14-17(2)26-23(25-16)27-12-10-19(11-13-27)22(29)28(15-18-4-3-5-18)21-8-6-20(24)7-9-21/h6-9,14,18-19H,3-5,10-13,15H2,1-2H3. The van der Waals surface area contributed by atoms with Crippen molar-refractivity contribution in [2.45, 2.75) is 46.0 Å². The van der Waals surface area contributed by atoms with Gasteiger partial charge in [0.05, 0.1) is 0 Å². The summed E-state index contributed by atoms with van der Waals surface area (Å²) in [7, 11) is 0. The summed E-state index contributed by atoms with van der Waals surface area (Å²) in [6, 6.07) is 9.68. The van der Waals surface area contributed by atoms with Gasteiger partial charge in [0.1, 0.15) is 0 Å². The first-order chi connectivity index (χ1) is 14.0. The second-order valence-corrected chi connectivity index (χ2v) is 8.87. The summed E-state index contributed by atoms with van der Waals surface area (Å²) < 4.78 is 0. The minimum Gasteiger partial charge on any atom is -0.341 e. The van der Waals surface area contributed by atoms with Gasteiger partial charge in [-0.2, -0.15) is 0 Å². The first-order valence-electron chi connectivity index (χ1n) is 10.6. The van der Waals surface area contributed by atoms with Gasteiger partial charge in [-0.1, -0.05) is 18.0 Å². The summed E-state index contributed by atoms with van der Waals surface area (Å²) in [5, 5.41) is 0.701. The van der Waals surface area contributed by atoms with Gasteiger partial charge in [-0.15, -0.1) is 0 Å². The van der Waals surface area contributed by atoms with E-state index in [1.54, 1.807) is 0 Å². The average molecular weight is 413 g/mol. The first-order valence-corrected chi connectivity index (χ1v) is 11.0. The fraction of sp³-hybridized carbons (Fsp3) is 0.522. The van der Waals surface area contributed by atoms with Crippen molar-refractivity contribution in [1.29, 1.82) is 0 Å². The van der Waals surface area contributed by atoms with Crippen LogP contribution in [0.3, 0.4) is 0 Å². The number of amides is 1. The number of aryl methyl sites for hydroxylation is 2. The lowest BCUT2D eigenvalue weighted by molar-refractivity contribution is -0.123. The van der Waals surface area contributed by atoms with Crippen LogP contribution in [-0.2, 0) is 4.79 Å². The Morgan fingerprint density at radius 3 is 2.24 bits per heavy atom. The monoisotopic (exact) mass is 412 g/mol. The quantitative estimate of drug-likeness (QED) is 0.707. The molecule has 4 rings (SSSR count). The van der Waals surface area contributed by atoms with Crippen molar-refractivity contribution in [3.8, 4) is 0 Å². The molecule has 0 spiro atoms. The maximum absolute atomic E-state index is 13.5. The number of benzene rings is 1. The molecule has 1 saturated carbocycles. The zero-order chi connectivity index (χ0) is 20.4. The first kappa shape index (κ1) is 20.1. The number of hydrogen-bond acceptors (Lipinski definition) is 4. The summed E-state index contributed by atoms with van der Waals surface area (Å²) in [6.07, 6.45) is 5.40. The van der Waals surface area contributed by atoms with E-state index < -0.39 is 0 Å². The number of piperidine rings is 1. The lowest BCUT2D eigenvalue weighted by Gasteiger charge is -2.37. The summed E-state index contributed by atoms with van der Waals surface area (Å²) in [5.74, 6) is 1.71. The van der Waals surface area contributed by atoms with Crippen LogP contribution in [0.2, 0.25) is 5.02 Å². The van der Waals surface area contributed by atoms with E-state index in [4.69, 9.17) is 11.6 Å². The molecule has 2 aromatic rings. The van der Waals surface area contributed by atoms with Crippen LogP contribution in [0.25, 0.3) is 0 Å². The Balaban J connectivity index is 1.45. The zero-order valence-electron chi connectivity index (χ0n) is 17.3. The topological polar surface area (TPSA) is 49.3 Å². The van der Waals surface area contributed by atoms with Gasteiger partial charge in [0, 0.05) is 47.7 Å². The molecule has 6 heteroatoms. The molecule has 2 aliphatic rings. The minimum absolute atomic E-state index is 0.0490. The highest BCUT2D eigenvalue weighted by Gasteiger charge is 2.32. The van der Waals surface area contributed by atoms with Crippen molar-refractivity contribution in [2.75, 3.05) is 29.4 Å². The van der Waals surface area contributed by atoms with Gasteiger partial charge in [-0.25, -0.2) is 9.97 Å². The smallest absolute Gasteiger partial charge is 0.230 e. The van der Waals surface area contributed by atoms with Gasteiger partial charge in [0.15, 0.2) is 0 Å². The van der Waals surface area contributed by atoms with Gasteiger partial charge >= 0.3 is 0 Å². The number of nitrogens with zero attached hydrogens (tertiary/aromatic N) is 4. The summed E-state index contributed by atoms with van der Waals surface area (Å²) in [6.45, 7) is 6.45. The molecular formula is C23H29ClN4O. The number of aromatic nitrogens is 2. The fourth-order valence-corrected chi connectivity index (χ4v) is 4.40. The normalized spacial score (nSPS) is 17.8. The molecule has 1 aliphatic carbocycles. The Kier molecular flexibility index (Phi) is 6.04. The van der Waals surface area contributed by atoms with Gasteiger partial charge in [0.25, 0.3) is 0 Å². The number of carbonyl (C=O) groups excluding carboxylic acids is 1. The Labute approximate surface area is 178 Å². The maximum atomic E-state index is 13.5. The van der Waals surface area contributed by atoms with Crippen LogP contribution in [0, 0.1) is 25.7 Å². The van der Waals surface area contributed by atoms with Crippen LogP contribution < -0.4 is 9.80 Å². The van der Waals surface area contributed by atoms with Gasteiger partial charge < -0.3 is 9.80 Å². The number of rotatable bonds is 5. The van der Waals surface area contributed by atoms with Crippen molar-refractivity contribution in [3.05, 3.63) is 46.7 Å². The predicted octanol–water partition coefficient (Wildman–Crippen LogP) is 4.80. The molecule has 1 amide bonds. The van der Waals surface area contributed by atoms with E-state index in [0.717, 1.165) is 55.5 Å². The number of carbonyl (C=O) groups is 1. The van der Waals surface area contributed by atoms with Crippen molar-refractivity contribution >= 4 is 29.1 Å². The number of hydrogen-bond donors (Lipinski definition) is 0. The van der Waals surface area contributed by atoms with Crippen LogP contribution >= 0.6 is 11.6 Å². The molecule has 29 heavy (non-hydrogen) atoms. The van der Waals surface area contributed by atoms with E-state index in [1.165, 1.54) is 19.3 Å². The van der Waals surface area contributed by atoms with E-state index in [2.05, 4.69) is 14.9 Å². The Hall–Kier alpha value is -2.14. The molecule has 0 bridgehead atoms. The molecule has 2 fully saturated rings. The van der Waals surface area contributed by atoms with Crippen LogP contribution in [0.1, 0.15) is 43.5 Å². The SMILES string of the molecule is Cc1cc(C)nc(N2CCC(C(=O)N(CC3CCC3)c3ccc(Cl)cc3)CC2)n1. The van der Waals surface area contributed by atoms with Crippen molar-refractivity contribution in [2.24, 2.45) is 11.8 Å². The Bertz CT molecular complexity index is 837. The summed E-state index contributed by atoms with van der Waals surface area (Å²) in [5.41, 5.74) is 2.94. The Morgan fingerprint density at radius 2 is 1.69 bits per heavy atom. The molecule has 1 aliphatic heterocycles. The van der Waals surface area contributed by atoms with E-state index in [0.29, 0.717) is 10.9 Å². The van der Waals surface area contributed by atoms with E-state index in [-0.39, 0.29) is 11.8 Å². The van der Waals surface area contributed by atoms with E-state index in [9.17, 15) is 4.79 Å². The third-order valence-electron chi connectivity index (χ3n) is 6.17. The summed E-state index contributed by atoms with van der Waals surface area (Å²) >= 11 is 6.06. The zero-order valence-corrected chi connectivity index (χ0v) is 18.0. The van der Waals surface area contributed by atoms with Crippen molar-refractivity contribution in [1.82, 2.24) is 9.97 Å². The lowest BCUT2D eigenvalue weighted by atomic mass is 9.84. The van der Waals surface area contributed by atoms with Gasteiger partial charge in [0.2, 0.25) is 11.9 Å². The predicted molar refractivity (Wildman–Crippen MR) is 118 cm³/mol. The second-order valence-electron chi connectivity index (χ2n) is 8.43. The fourth-order valence-electron chi connectivity index (χ4n) is 4.27. The molecular weight excluding hydrogens is 384 g/mol. The summed E-state index contributed by atoms with van der Waals surface area (Å²) in [4.78, 5) is 26.8. The molecule has 0 unspecified atom stereocenters. The molecule has 0 N–H and O–H groups in total. The van der Waals surface area contributed by atoms with Gasteiger partial charge in [-0.3, -0.25) is 4.79 Å². The van der Waals surface area contributed by atoms with E-state index >= 15 is 0 Å². The van der Waals surface area contributed by atoms with Crippen molar-refractivity contribution in [3.63, 3.8) is 0 Å². The minimum atomic E-state index is 0.0490. The molecule has 5 nitrogen and oxygen atoms in total.